The van der Waals surface area contributed by atoms with E-state index in [4.69, 9.17) is 0 Å². The van der Waals surface area contributed by atoms with E-state index in [0.29, 0.717) is 9.79 Å². The molecule has 4 aromatic rings. The predicted molar refractivity (Wildman–Crippen MR) is 219 cm³/mol. The van der Waals surface area contributed by atoms with Gasteiger partial charge in [-0.3, -0.25) is 0 Å². The summed E-state index contributed by atoms with van der Waals surface area (Å²) in [6.45, 7) is 4.37. The first-order valence-electron chi connectivity index (χ1n) is 15.7. The maximum atomic E-state index is 12.7. The summed E-state index contributed by atoms with van der Waals surface area (Å²) in [5.41, 5.74) is 0. The molecule has 1 radical (unpaired) electrons. The summed E-state index contributed by atoms with van der Waals surface area (Å²) in [5.74, 6) is 0.510. The van der Waals surface area contributed by atoms with E-state index in [2.05, 4.69) is 70.5 Å². The summed E-state index contributed by atoms with van der Waals surface area (Å²) < 4.78 is 55.0. The van der Waals surface area contributed by atoms with Crippen LogP contribution >= 0.6 is 90.0 Å². The minimum absolute atomic E-state index is 0.238. The fraction of sp³-hybridized carbons (Fsp3) is 0.500. The Morgan fingerprint density at radius 3 is 1.72 bits per heavy atom. The standard InChI is InChI=1S/C16H20Br2O2S3.C16H22O2S3.BHNS/c1-2-3-4-5-6-7-10-23(19,20)13-11-15(18)22-16(13)12-8-9-14(17)21-12;1-2-3-4-5-6-7-13-21(17,18)15-10-12-20-16(15)14-9-8-11-19-14;1-2-3/h8-9,11H,2-7,10H2,1H3;8-12H,2-7,13H2,1H3;3H. The zero-order valence-corrected chi connectivity index (χ0v) is 35.8. The molecule has 0 spiro atoms. The molecule has 0 bridgehead atoms. The normalized spacial score (nSPS) is 11.4. The molecule has 0 aromatic carbocycles. The molecule has 0 aliphatic heterocycles. The van der Waals surface area contributed by atoms with Crippen LogP contribution in [0.25, 0.3) is 19.5 Å². The van der Waals surface area contributed by atoms with E-state index in [1.807, 2.05) is 35.0 Å². The van der Waals surface area contributed by atoms with Crippen LogP contribution in [0.3, 0.4) is 0 Å². The van der Waals surface area contributed by atoms with Crippen LogP contribution in [0.5, 0.6) is 0 Å². The molecule has 0 aliphatic rings. The monoisotopic (exact) mass is 898 g/mol. The average molecular weight is 901 g/mol. The van der Waals surface area contributed by atoms with Gasteiger partial charge in [-0.2, -0.15) is 0 Å². The van der Waals surface area contributed by atoms with Gasteiger partial charge in [0.15, 0.2) is 19.7 Å². The summed E-state index contributed by atoms with van der Waals surface area (Å²) in [7, 11) is -2.04. The van der Waals surface area contributed by atoms with Crippen LogP contribution in [-0.4, -0.2) is 36.0 Å². The molecule has 0 aliphatic carbocycles. The van der Waals surface area contributed by atoms with Gasteiger partial charge in [-0.1, -0.05) is 84.1 Å². The number of thiol groups is 1. The summed E-state index contributed by atoms with van der Waals surface area (Å²) in [5, 5.41) is 3.86. The van der Waals surface area contributed by atoms with E-state index < -0.39 is 19.7 Å². The fourth-order valence-electron chi connectivity index (χ4n) is 4.68. The van der Waals surface area contributed by atoms with Crippen molar-refractivity contribution in [1.82, 2.24) is 0 Å². The molecule has 0 atom stereocenters. The van der Waals surface area contributed by atoms with Crippen molar-refractivity contribution in [2.45, 2.75) is 101 Å². The van der Waals surface area contributed by atoms with Crippen molar-refractivity contribution in [1.29, 1.82) is 0 Å². The van der Waals surface area contributed by atoms with Crippen LogP contribution in [-0.2, 0) is 19.7 Å². The number of nitrogens with zero attached hydrogens (tertiary/aromatic N) is 1. The number of hydrogen-bond donors (Lipinski definition) is 1. The zero-order chi connectivity index (χ0) is 34.7. The van der Waals surface area contributed by atoms with Gasteiger partial charge in [-0.05, 0) is 85.8 Å². The predicted octanol–water partition coefficient (Wildman–Crippen LogP) is 12.9. The van der Waals surface area contributed by atoms with E-state index in [1.165, 1.54) is 61.2 Å². The molecular weight excluding hydrogens is 857 g/mol. The van der Waals surface area contributed by atoms with Crippen molar-refractivity contribution in [2.24, 2.45) is 4.30 Å². The molecule has 0 saturated carbocycles. The van der Waals surface area contributed by atoms with E-state index in [9.17, 15) is 16.8 Å². The number of unbranched alkanes of at least 4 members (excludes halogenated alkanes) is 10. The van der Waals surface area contributed by atoms with Crippen molar-refractivity contribution in [3.8, 4) is 19.5 Å². The first kappa shape index (κ1) is 43.0. The Kier molecular flexibility index (Phi) is 21.4. The third-order valence-electron chi connectivity index (χ3n) is 7.04. The summed E-state index contributed by atoms with van der Waals surface area (Å²) >= 11 is 16.2. The summed E-state index contributed by atoms with van der Waals surface area (Å²) in [6.07, 6.45) is 13.1. The fourth-order valence-corrected chi connectivity index (χ4v) is 13.8. The van der Waals surface area contributed by atoms with Gasteiger partial charge in [0, 0.05) is 9.75 Å². The van der Waals surface area contributed by atoms with E-state index in [1.54, 1.807) is 34.8 Å². The van der Waals surface area contributed by atoms with Crippen molar-refractivity contribution < 1.29 is 16.8 Å². The van der Waals surface area contributed by atoms with Crippen LogP contribution in [0, 0.1) is 0 Å². The number of rotatable bonds is 18. The second kappa shape index (κ2) is 23.4. The molecular formula is C32H43BBr2NO4S7. The van der Waals surface area contributed by atoms with Crippen molar-refractivity contribution in [3.05, 3.63) is 54.7 Å². The molecule has 259 valence electrons. The Balaban J connectivity index is 0.000000303. The molecule has 0 unspecified atom stereocenters. The van der Waals surface area contributed by atoms with Crippen molar-refractivity contribution in [3.63, 3.8) is 0 Å². The van der Waals surface area contributed by atoms with Crippen molar-refractivity contribution in [2.75, 3.05) is 11.5 Å². The number of hydrogen-bond acceptors (Lipinski definition) is 10. The Bertz CT molecular complexity index is 1660. The van der Waals surface area contributed by atoms with Gasteiger partial charge in [0.05, 0.1) is 38.6 Å². The van der Waals surface area contributed by atoms with Crippen LogP contribution in [0.2, 0.25) is 0 Å². The van der Waals surface area contributed by atoms with Crippen LogP contribution in [0.15, 0.2) is 68.8 Å². The molecule has 0 amide bonds. The van der Waals surface area contributed by atoms with E-state index >= 15 is 0 Å². The zero-order valence-electron chi connectivity index (χ0n) is 26.8. The van der Waals surface area contributed by atoms with Gasteiger partial charge in [0.2, 0.25) is 0 Å². The quantitative estimate of drug-likeness (QED) is 0.0613. The topological polar surface area (TPSA) is 80.6 Å². The Hall–Kier alpha value is -0.125. The molecule has 47 heavy (non-hydrogen) atoms. The molecule has 5 nitrogen and oxygen atoms in total. The minimum atomic E-state index is -3.23. The molecule has 0 saturated heterocycles. The van der Waals surface area contributed by atoms with Crippen LogP contribution in [0.4, 0.5) is 0 Å². The third kappa shape index (κ3) is 15.3. The van der Waals surface area contributed by atoms with E-state index in [0.717, 1.165) is 65.6 Å². The molecule has 15 heteroatoms. The van der Waals surface area contributed by atoms with Gasteiger partial charge in [0.25, 0.3) is 0 Å². The summed E-state index contributed by atoms with van der Waals surface area (Å²) in [4.78, 5) is 4.77. The first-order valence-corrected chi connectivity index (χ1v) is 24.3. The SMILES string of the molecule is CCCCCCCCS(=O)(=O)c1cc(Br)sc1-c1ccc(Br)s1.CCCCCCCCS(=O)(=O)c1ccsc1-c1cccs1.[B]=NS. The van der Waals surface area contributed by atoms with Crippen LogP contribution < -0.4 is 0 Å². The molecule has 4 rings (SSSR count). The number of halogens is 2. The average Bonchev–Trinajstić information content (AvgIpc) is 3.85. The van der Waals surface area contributed by atoms with Gasteiger partial charge >= 0.3 is 24.8 Å². The van der Waals surface area contributed by atoms with Crippen molar-refractivity contribution >= 4 is 117 Å². The van der Waals surface area contributed by atoms with Gasteiger partial charge in [0.1, 0.15) is 0 Å². The van der Waals surface area contributed by atoms with Gasteiger partial charge in [-0.15, -0.1) is 45.3 Å². The summed E-state index contributed by atoms with van der Waals surface area (Å²) in [6, 6.07) is 11.4. The van der Waals surface area contributed by atoms with E-state index in [-0.39, 0.29) is 11.5 Å². The van der Waals surface area contributed by atoms with Gasteiger partial charge < -0.3 is 0 Å². The first-order chi connectivity index (χ1) is 22.5. The number of sulfone groups is 2. The maximum absolute atomic E-state index is 12.7. The molecule has 0 fully saturated rings. The Morgan fingerprint density at radius 1 is 0.660 bits per heavy atom. The molecule has 4 aromatic heterocycles. The van der Waals surface area contributed by atoms with Crippen LogP contribution in [0.1, 0.15) is 90.9 Å². The Labute approximate surface area is 321 Å². The molecule has 0 N–H and O–H groups in total. The Morgan fingerprint density at radius 2 is 1.21 bits per heavy atom. The number of thiophene rings is 4. The second-order valence-corrected chi connectivity index (χ2v) is 21.9. The molecule has 4 heterocycles. The second-order valence-electron chi connectivity index (χ2n) is 10.7. The third-order valence-corrected chi connectivity index (χ3v) is 16.4. The van der Waals surface area contributed by atoms with Gasteiger partial charge in [-0.25, -0.2) is 16.8 Å².